The SMILES string of the molecule is C[C@H](C(=O)NCC(F)(F)F)N1CCC(N2CCN(C)C2=O)CC1. The highest BCUT2D eigenvalue weighted by Gasteiger charge is 2.36. The summed E-state index contributed by atoms with van der Waals surface area (Å²) < 4.78 is 36.4. The largest absolute Gasteiger partial charge is 0.405 e. The first kappa shape index (κ1) is 17.8. The summed E-state index contributed by atoms with van der Waals surface area (Å²) in [5, 5.41) is 1.92. The number of piperidine rings is 1. The second-order valence-corrected chi connectivity index (χ2v) is 6.17. The number of nitrogens with zero attached hydrogens (tertiary/aromatic N) is 3. The van der Waals surface area contributed by atoms with Crippen LogP contribution in [0.15, 0.2) is 0 Å². The van der Waals surface area contributed by atoms with E-state index in [0.29, 0.717) is 19.6 Å². The molecule has 23 heavy (non-hydrogen) atoms. The van der Waals surface area contributed by atoms with E-state index < -0.39 is 24.7 Å². The van der Waals surface area contributed by atoms with Gasteiger partial charge >= 0.3 is 12.2 Å². The van der Waals surface area contributed by atoms with Crippen molar-refractivity contribution in [2.24, 2.45) is 0 Å². The molecule has 2 rings (SSSR count). The Morgan fingerprint density at radius 1 is 1.26 bits per heavy atom. The minimum absolute atomic E-state index is 0.0272. The summed E-state index contributed by atoms with van der Waals surface area (Å²) in [5.74, 6) is -0.613. The number of carbonyl (C=O) groups is 2. The third-order valence-electron chi connectivity index (χ3n) is 4.58. The van der Waals surface area contributed by atoms with E-state index in [4.69, 9.17) is 0 Å². The minimum atomic E-state index is -4.40. The van der Waals surface area contributed by atoms with Crippen molar-refractivity contribution in [3.8, 4) is 0 Å². The Kier molecular flexibility index (Phi) is 5.38. The Balaban J connectivity index is 1.79. The molecule has 9 heteroatoms. The van der Waals surface area contributed by atoms with Gasteiger partial charge in [-0.15, -0.1) is 0 Å². The van der Waals surface area contributed by atoms with Gasteiger partial charge in [0.15, 0.2) is 0 Å². The molecule has 0 bridgehead atoms. The quantitative estimate of drug-likeness (QED) is 0.829. The van der Waals surface area contributed by atoms with Crippen LogP contribution in [0.5, 0.6) is 0 Å². The predicted molar refractivity (Wildman–Crippen MR) is 77.9 cm³/mol. The van der Waals surface area contributed by atoms with Crippen molar-refractivity contribution in [2.45, 2.75) is 38.0 Å². The first-order chi connectivity index (χ1) is 10.7. The molecule has 2 aliphatic heterocycles. The lowest BCUT2D eigenvalue weighted by Gasteiger charge is -2.38. The monoisotopic (exact) mass is 336 g/mol. The highest BCUT2D eigenvalue weighted by molar-refractivity contribution is 5.81. The van der Waals surface area contributed by atoms with E-state index >= 15 is 0 Å². The standard InChI is InChI=1S/C14H23F3N4O2/c1-10(12(22)18-9-14(15,16)17)20-5-3-11(4-6-20)21-8-7-19(2)13(21)23/h10-11H,3-9H2,1-2H3,(H,18,22)/t10-/m1/s1. The Labute approximate surface area is 133 Å². The molecular formula is C14H23F3N4O2. The maximum absolute atomic E-state index is 12.1. The van der Waals surface area contributed by atoms with Crippen LogP contribution in [0.3, 0.4) is 0 Å². The molecule has 0 saturated carbocycles. The molecule has 0 spiro atoms. The number of halogens is 3. The van der Waals surface area contributed by atoms with E-state index in [1.54, 1.807) is 18.9 Å². The van der Waals surface area contributed by atoms with Crippen LogP contribution >= 0.6 is 0 Å². The number of amides is 3. The van der Waals surface area contributed by atoms with Gasteiger partial charge in [0, 0.05) is 39.3 Å². The first-order valence-corrected chi connectivity index (χ1v) is 7.79. The highest BCUT2D eigenvalue weighted by Crippen LogP contribution is 2.22. The fourth-order valence-corrected chi connectivity index (χ4v) is 3.09. The number of urea groups is 1. The van der Waals surface area contributed by atoms with Gasteiger partial charge in [-0.2, -0.15) is 13.2 Å². The lowest BCUT2D eigenvalue weighted by atomic mass is 10.0. The molecule has 3 amide bonds. The first-order valence-electron chi connectivity index (χ1n) is 7.79. The van der Waals surface area contributed by atoms with Crippen LogP contribution in [0.25, 0.3) is 0 Å². The summed E-state index contributed by atoms with van der Waals surface area (Å²) in [7, 11) is 1.77. The van der Waals surface area contributed by atoms with E-state index in [1.165, 1.54) is 0 Å². The van der Waals surface area contributed by atoms with Gasteiger partial charge in [-0.05, 0) is 19.8 Å². The van der Waals surface area contributed by atoms with Gasteiger partial charge in [-0.1, -0.05) is 0 Å². The highest BCUT2D eigenvalue weighted by atomic mass is 19.4. The Hall–Kier alpha value is -1.51. The normalized spacial score (nSPS) is 22.6. The lowest BCUT2D eigenvalue weighted by Crippen LogP contribution is -2.53. The Bertz CT molecular complexity index is 450. The minimum Gasteiger partial charge on any atom is -0.346 e. The van der Waals surface area contributed by atoms with E-state index in [2.05, 4.69) is 0 Å². The fraction of sp³-hybridized carbons (Fsp3) is 0.857. The summed E-state index contributed by atoms with van der Waals surface area (Å²) in [4.78, 5) is 29.2. The predicted octanol–water partition coefficient (Wildman–Crippen LogP) is 0.885. The number of rotatable bonds is 4. The van der Waals surface area contributed by atoms with Crippen molar-refractivity contribution in [3.05, 3.63) is 0 Å². The zero-order valence-corrected chi connectivity index (χ0v) is 13.4. The number of hydrogen-bond acceptors (Lipinski definition) is 3. The molecule has 0 aromatic carbocycles. The molecule has 2 heterocycles. The van der Waals surface area contributed by atoms with Crippen molar-refractivity contribution >= 4 is 11.9 Å². The molecule has 0 aromatic heterocycles. The van der Waals surface area contributed by atoms with Crippen LogP contribution in [0, 0.1) is 0 Å². The smallest absolute Gasteiger partial charge is 0.346 e. The van der Waals surface area contributed by atoms with Crippen LogP contribution in [-0.4, -0.2) is 84.7 Å². The summed E-state index contributed by atoms with van der Waals surface area (Å²) in [6.07, 6.45) is -2.93. The third-order valence-corrected chi connectivity index (χ3v) is 4.58. The third kappa shape index (κ3) is 4.49. The van der Waals surface area contributed by atoms with Crippen LogP contribution in [0.1, 0.15) is 19.8 Å². The Morgan fingerprint density at radius 2 is 1.87 bits per heavy atom. The van der Waals surface area contributed by atoms with E-state index in [0.717, 1.165) is 19.4 Å². The van der Waals surface area contributed by atoms with Crippen molar-refractivity contribution in [1.82, 2.24) is 20.0 Å². The average molecular weight is 336 g/mol. The summed E-state index contributed by atoms with van der Waals surface area (Å²) >= 11 is 0. The molecule has 0 aromatic rings. The van der Waals surface area contributed by atoms with Gasteiger partial charge in [-0.25, -0.2) is 4.79 Å². The molecule has 2 aliphatic rings. The Morgan fingerprint density at radius 3 is 2.35 bits per heavy atom. The second-order valence-electron chi connectivity index (χ2n) is 6.17. The molecule has 0 radical (unpaired) electrons. The number of likely N-dealkylation sites (N-methyl/N-ethyl adjacent to an activating group) is 1. The van der Waals surface area contributed by atoms with Crippen LogP contribution in [-0.2, 0) is 4.79 Å². The maximum atomic E-state index is 12.1. The maximum Gasteiger partial charge on any atom is 0.405 e. The van der Waals surface area contributed by atoms with Crippen molar-refractivity contribution in [2.75, 3.05) is 39.8 Å². The summed E-state index contributed by atoms with van der Waals surface area (Å²) in [6, 6.07) is -0.427. The molecule has 6 nitrogen and oxygen atoms in total. The van der Waals surface area contributed by atoms with Crippen LogP contribution < -0.4 is 5.32 Å². The topological polar surface area (TPSA) is 55.9 Å². The van der Waals surface area contributed by atoms with Gasteiger partial charge < -0.3 is 15.1 Å². The lowest BCUT2D eigenvalue weighted by molar-refractivity contribution is -0.141. The van der Waals surface area contributed by atoms with Crippen molar-refractivity contribution in [3.63, 3.8) is 0 Å². The average Bonchev–Trinajstić information content (AvgIpc) is 2.83. The van der Waals surface area contributed by atoms with Gasteiger partial charge in [0.1, 0.15) is 6.54 Å². The number of carbonyl (C=O) groups excluding carboxylic acids is 2. The van der Waals surface area contributed by atoms with E-state index in [-0.39, 0.29) is 12.1 Å². The van der Waals surface area contributed by atoms with Crippen molar-refractivity contribution < 1.29 is 22.8 Å². The van der Waals surface area contributed by atoms with Gasteiger partial charge in [-0.3, -0.25) is 9.69 Å². The number of hydrogen-bond donors (Lipinski definition) is 1. The molecule has 2 saturated heterocycles. The van der Waals surface area contributed by atoms with Gasteiger partial charge in [0.05, 0.1) is 6.04 Å². The zero-order chi connectivity index (χ0) is 17.2. The van der Waals surface area contributed by atoms with Crippen molar-refractivity contribution in [1.29, 1.82) is 0 Å². The summed E-state index contributed by atoms with van der Waals surface area (Å²) in [5.41, 5.74) is 0. The number of nitrogens with one attached hydrogen (secondary N) is 1. The zero-order valence-electron chi connectivity index (χ0n) is 13.4. The molecule has 1 atom stereocenters. The molecule has 1 N–H and O–H groups in total. The van der Waals surface area contributed by atoms with E-state index in [9.17, 15) is 22.8 Å². The fourth-order valence-electron chi connectivity index (χ4n) is 3.09. The molecule has 0 aliphatic carbocycles. The van der Waals surface area contributed by atoms with Gasteiger partial charge in [0.25, 0.3) is 0 Å². The summed E-state index contributed by atoms with van der Waals surface area (Å²) in [6.45, 7) is 2.93. The molecule has 0 unspecified atom stereocenters. The number of likely N-dealkylation sites (tertiary alicyclic amines) is 1. The second kappa shape index (κ2) is 6.94. The van der Waals surface area contributed by atoms with Crippen LogP contribution in [0.2, 0.25) is 0 Å². The molecule has 132 valence electrons. The van der Waals surface area contributed by atoms with Crippen LogP contribution in [0.4, 0.5) is 18.0 Å². The van der Waals surface area contributed by atoms with E-state index in [1.807, 2.05) is 15.1 Å². The molecule has 2 fully saturated rings. The number of alkyl halides is 3. The van der Waals surface area contributed by atoms with Gasteiger partial charge in [0.2, 0.25) is 5.91 Å². The molecular weight excluding hydrogens is 313 g/mol.